The molecule has 2 aromatic carbocycles. The summed E-state index contributed by atoms with van der Waals surface area (Å²) in [5, 5.41) is 6.71. The highest BCUT2D eigenvalue weighted by molar-refractivity contribution is 7.80. The van der Waals surface area contributed by atoms with Gasteiger partial charge in [0.1, 0.15) is 6.61 Å². The van der Waals surface area contributed by atoms with Crippen LogP contribution in [-0.4, -0.2) is 11.1 Å². The molecular weight excluding hydrogens is 332 g/mol. The highest BCUT2D eigenvalue weighted by Gasteiger charge is 2.30. The van der Waals surface area contributed by atoms with Crippen LogP contribution in [0.25, 0.3) is 0 Å². The Balaban J connectivity index is 1.85. The Kier molecular flexibility index (Phi) is 5.14. The summed E-state index contributed by atoms with van der Waals surface area (Å²) in [7, 11) is 0. The molecule has 1 unspecified atom stereocenters. The highest BCUT2D eigenvalue weighted by Crippen LogP contribution is 2.28. The van der Waals surface area contributed by atoms with Crippen molar-refractivity contribution in [3.63, 3.8) is 0 Å². The van der Waals surface area contributed by atoms with Gasteiger partial charge in [-0.25, -0.2) is 4.79 Å². The lowest BCUT2D eigenvalue weighted by Crippen LogP contribution is -2.45. The molecule has 0 bridgehead atoms. The first kappa shape index (κ1) is 17.2. The van der Waals surface area contributed by atoms with Crippen LogP contribution in [0.4, 0.5) is 0 Å². The molecule has 0 fully saturated rings. The molecule has 0 saturated carbocycles. The Bertz CT molecular complexity index is 831. The van der Waals surface area contributed by atoms with Gasteiger partial charge in [-0.1, -0.05) is 60.2 Å². The fraction of sp³-hybridized carbons (Fsp3) is 0.200. The number of benzene rings is 2. The maximum Gasteiger partial charge on any atom is 0.338 e. The Morgan fingerprint density at radius 2 is 1.88 bits per heavy atom. The van der Waals surface area contributed by atoms with E-state index < -0.39 is 0 Å². The van der Waals surface area contributed by atoms with Crippen LogP contribution >= 0.6 is 12.2 Å². The van der Waals surface area contributed by atoms with E-state index in [2.05, 4.69) is 10.6 Å². The number of nitrogens with one attached hydrogen (secondary N) is 2. The summed E-state index contributed by atoms with van der Waals surface area (Å²) in [4.78, 5) is 12.8. The van der Waals surface area contributed by atoms with Gasteiger partial charge in [0.05, 0.1) is 11.6 Å². The van der Waals surface area contributed by atoms with Crippen molar-refractivity contribution in [2.24, 2.45) is 0 Å². The van der Waals surface area contributed by atoms with E-state index in [-0.39, 0.29) is 18.6 Å². The van der Waals surface area contributed by atoms with Crippen molar-refractivity contribution in [3.05, 3.63) is 82.6 Å². The molecule has 0 saturated heterocycles. The lowest BCUT2D eigenvalue weighted by atomic mass is 9.94. The summed E-state index contributed by atoms with van der Waals surface area (Å²) < 4.78 is 5.54. The number of carbonyl (C=O) groups is 1. The van der Waals surface area contributed by atoms with Crippen LogP contribution in [0.3, 0.4) is 0 Å². The lowest BCUT2D eigenvalue weighted by Gasteiger charge is -2.30. The second-order valence-electron chi connectivity index (χ2n) is 6.05. The molecule has 0 aromatic heterocycles. The Labute approximate surface area is 152 Å². The summed E-state index contributed by atoms with van der Waals surface area (Å²) in [6, 6.07) is 17.3. The second kappa shape index (κ2) is 7.49. The quantitative estimate of drug-likeness (QED) is 0.651. The number of ether oxygens (including phenoxy) is 1. The smallest absolute Gasteiger partial charge is 0.338 e. The van der Waals surface area contributed by atoms with Crippen LogP contribution in [0.2, 0.25) is 0 Å². The second-order valence-corrected chi connectivity index (χ2v) is 6.45. The zero-order valence-corrected chi connectivity index (χ0v) is 15.0. The average molecular weight is 352 g/mol. The topological polar surface area (TPSA) is 50.4 Å². The lowest BCUT2D eigenvalue weighted by molar-refractivity contribution is -0.140. The third kappa shape index (κ3) is 4.06. The fourth-order valence-corrected chi connectivity index (χ4v) is 3.14. The number of rotatable bonds is 4. The molecule has 0 amide bonds. The highest BCUT2D eigenvalue weighted by atomic mass is 32.1. The Morgan fingerprint density at radius 1 is 1.12 bits per heavy atom. The molecule has 2 aromatic rings. The zero-order chi connectivity index (χ0) is 17.8. The molecule has 25 heavy (non-hydrogen) atoms. The van der Waals surface area contributed by atoms with Crippen LogP contribution in [0, 0.1) is 6.92 Å². The van der Waals surface area contributed by atoms with E-state index in [0.29, 0.717) is 16.4 Å². The van der Waals surface area contributed by atoms with Gasteiger partial charge in [-0.15, -0.1) is 0 Å². The average Bonchev–Trinajstić information content (AvgIpc) is 2.60. The number of aryl methyl sites for hydroxylation is 1. The van der Waals surface area contributed by atoms with Gasteiger partial charge in [-0.2, -0.15) is 0 Å². The SMILES string of the molecule is CC1=C(C(=O)OCc2ccccc2)C(c2cccc(C)c2)NC(=S)N1. The largest absolute Gasteiger partial charge is 0.457 e. The summed E-state index contributed by atoms with van der Waals surface area (Å²) >= 11 is 5.26. The van der Waals surface area contributed by atoms with Crippen LogP contribution < -0.4 is 10.6 Å². The molecule has 3 rings (SSSR count). The van der Waals surface area contributed by atoms with E-state index in [1.807, 2.05) is 68.4 Å². The van der Waals surface area contributed by atoms with Gasteiger partial charge in [-0.05, 0) is 37.2 Å². The third-order valence-corrected chi connectivity index (χ3v) is 4.30. The number of carbonyl (C=O) groups excluding carboxylic acids is 1. The van der Waals surface area contributed by atoms with Crippen LogP contribution in [0.5, 0.6) is 0 Å². The molecule has 0 radical (unpaired) electrons. The van der Waals surface area contributed by atoms with Crippen molar-refractivity contribution in [1.82, 2.24) is 10.6 Å². The molecule has 1 heterocycles. The molecule has 5 heteroatoms. The van der Waals surface area contributed by atoms with Crippen molar-refractivity contribution in [2.75, 3.05) is 0 Å². The van der Waals surface area contributed by atoms with E-state index in [9.17, 15) is 4.79 Å². The summed E-state index contributed by atoms with van der Waals surface area (Å²) in [6.07, 6.45) is 0. The molecule has 4 nitrogen and oxygen atoms in total. The first-order chi connectivity index (χ1) is 12.0. The van der Waals surface area contributed by atoms with Gasteiger partial charge >= 0.3 is 5.97 Å². The minimum absolute atomic E-state index is 0.238. The zero-order valence-electron chi connectivity index (χ0n) is 14.2. The Morgan fingerprint density at radius 3 is 2.60 bits per heavy atom. The van der Waals surface area contributed by atoms with Gasteiger partial charge in [0.25, 0.3) is 0 Å². The van der Waals surface area contributed by atoms with Crippen molar-refractivity contribution in [3.8, 4) is 0 Å². The van der Waals surface area contributed by atoms with Gasteiger partial charge in [0, 0.05) is 5.70 Å². The van der Waals surface area contributed by atoms with Crippen molar-refractivity contribution < 1.29 is 9.53 Å². The van der Waals surface area contributed by atoms with Crippen LogP contribution in [0.1, 0.15) is 29.7 Å². The van der Waals surface area contributed by atoms with Gasteiger partial charge in [0.15, 0.2) is 5.11 Å². The summed E-state index contributed by atoms with van der Waals surface area (Å²) in [5.41, 5.74) is 4.32. The van der Waals surface area contributed by atoms with Crippen molar-refractivity contribution in [2.45, 2.75) is 26.5 Å². The molecular formula is C20H20N2O2S. The molecule has 1 atom stereocenters. The molecule has 128 valence electrons. The number of thiocarbonyl (C=S) groups is 1. The maximum atomic E-state index is 12.8. The van der Waals surface area contributed by atoms with E-state index in [0.717, 1.165) is 16.7 Å². The maximum absolute atomic E-state index is 12.8. The Hall–Kier alpha value is -2.66. The predicted molar refractivity (Wildman–Crippen MR) is 102 cm³/mol. The third-order valence-electron chi connectivity index (χ3n) is 4.08. The van der Waals surface area contributed by atoms with Gasteiger partial charge in [0.2, 0.25) is 0 Å². The fourth-order valence-electron chi connectivity index (χ4n) is 2.86. The van der Waals surface area contributed by atoms with E-state index in [1.165, 1.54) is 0 Å². The summed E-state index contributed by atoms with van der Waals surface area (Å²) in [5.74, 6) is -0.352. The first-order valence-corrected chi connectivity index (χ1v) is 8.51. The summed E-state index contributed by atoms with van der Waals surface area (Å²) in [6.45, 7) is 4.10. The van der Waals surface area contributed by atoms with Crippen LogP contribution in [0.15, 0.2) is 65.9 Å². The van der Waals surface area contributed by atoms with Gasteiger partial charge in [-0.3, -0.25) is 0 Å². The molecule has 0 spiro atoms. The number of hydrogen-bond acceptors (Lipinski definition) is 3. The first-order valence-electron chi connectivity index (χ1n) is 8.10. The molecule has 1 aliphatic heterocycles. The molecule has 1 aliphatic rings. The minimum Gasteiger partial charge on any atom is -0.457 e. The standard InChI is InChI=1S/C20H20N2O2S/c1-13-7-6-10-16(11-13)18-17(14(2)21-20(25)22-18)19(23)24-12-15-8-4-3-5-9-15/h3-11,18H,12H2,1-2H3,(H2,21,22,25). The number of hydrogen-bond donors (Lipinski definition) is 2. The van der Waals surface area contributed by atoms with Crippen LogP contribution in [-0.2, 0) is 16.1 Å². The minimum atomic E-state index is -0.352. The predicted octanol–water partition coefficient (Wildman–Crippen LogP) is 3.53. The van der Waals surface area contributed by atoms with E-state index >= 15 is 0 Å². The number of allylic oxidation sites excluding steroid dienone is 1. The van der Waals surface area contributed by atoms with Crippen molar-refractivity contribution >= 4 is 23.3 Å². The van der Waals surface area contributed by atoms with E-state index in [1.54, 1.807) is 0 Å². The van der Waals surface area contributed by atoms with Gasteiger partial charge < -0.3 is 15.4 Å². The monoisotopic (exact) mass is 352 g/mol. The van der Waals surface area contributed by atoms with E-state index in [4.69, 9.17) is 17.0 Å². The molecule has 0 aliphatic carbocycles. The van der Waals surface area contributed by atoms with Crippen molar-refractivity contribution in [1.29, 1.82) is 0 Å². The number of esters is 1. The normalized spacial score (nSPS) is 16.9. The molecule has 2 N–H and O–H groups in total.